The van der Waals surface area contributed by atoms with Crippen LogP contribution in [0.5, 0.6) is 17.2 Å². The van der Waals surface area contributed by atoms with Gasteiger partial charge in [-0.25, -0.2) is 4.68 Å². The number of rotatable bonds is 8. The van der Waals surface area contributed by atoms with Gasteiger partial charge in [0.2, 0.25) is 5.95 Å². The summed E-state index contributed by atoms with van der Waals surface area (Å²) in [4.78, 5) is 18.1. The lowest BCUT2D eigenvalue weighted by atomic mass is 9.94. The molecule has 1 amide bonds. The highest BCUT2D eigenvalue weighted by Gasteiger charge is 2.34. The Balaban J connectivity index is 1.52. The molecule has 1 aliphatic rings. The summed E-state index contributed by atoms with van der Waals surface area (Å²) in [6.45, 7) is 4.26. The van der Waals surface area contributed by atoms with Crippen LogP contribution in [-0.4, -0.2) is 34.9 Å². The van der Waals surface area contributed by atoms with Crippen molar-refractivity contribution in [1.82, 2.24) is 14.8 Å². The number of anilines is 2. The fraction of sp³-hybridized carbons (Fsp3) is 0.207. The third kappa shape index (κ3) is 5.33. The van der Waals surface area contributed by atoms with E-state index in [9.17, 15) is 4.79 Å². The smallest absolute Gasteiger partial charge is 0.255 e. The van der Waals surface area contributed by atoms with Crippen LogP contribution in [0.25, 0.3) is 0 Å². The summed E-state index contributed by atoms with van der Waals surface area (Å²) in [5.41, 5.74) is 4.66. The molecule has 3 aromatic carbocycles. The van der Waals surface area contributed by atoms with Crippen LogP contribution in [-0.2, 0) is 11.4 Å². The Labute approximate surface area is 234 Å². The number of methoxy groups -OCH3 is 2. The van der Waals surface area contributed by atoms with Gasteiger partial charge in [-0.1, -0.05) is 42.0 Å². The Kier molecular flexibility index (Phi) is 7.56. The number of amides is 1. The van der Waals surface area contributed by atoms with Crippen molar-refractivity contribution in [1.29, 1.82) is 0 Å². The van der Waals surface area contributed by atoms with Crippen molar-refractivity contribution in [2.75, 3.05) is 24.9 Å². The highest BCUT2D eigenvalue weighted by molar-refractivity contribution is 9.10. The molecular weight excluding hydrogens is 562 g/mol. The standard InChI is InChI=1S/C29H28BrN5O4/c1-17-8-7-9-19(12-17)15-39-27-21(30)13-20(14-24(27)38-4)26-25(18(2)33-29-31-16-32-35(26)29)28(36)34-22-10-5-6-11-23(22)37-3/h5-14,16,26H,15H2,1-4H3,(H,34,36)(H,31,32,33). The predicted octanol–water partition coefficient (Wildman–Crippen LogP) is 5.87. The zero-order chi connectivity index (χ0) is 27.5. The van der Waals surface area contributed by atoms with Gasteiger partial charge in [-0.15, -0.1) is 0 Å². The molecule has 4 aromatic rings. The van der Waals surface area contributed by atoms with Crippen LogP contribution in [0.3, 0.4) is 0 Å². The molecule has 1 aliphatic heterocycles. The van der Waals surface area contributed by atoms with E-state index in [-0.39, 0.29) is 5.91 Å². The molecule has 2 heterocycles. The van der Waals surface area contributed by atoms with Gasteiger partial charge in [0.25, 0.3) is 5.91 Å². The molecule has 0 bridgehead atoms. The van der Waals surface area contributed by atoms with Crippen LogP contribution in [0.2, 0.25) is 0 Å². The van der Waals surface area contributed by atoms with Gasteiger partial charge < -0.3 is 24.8 Å². The topological polar surface area (TPSA) is 99.5 Å². The van der Waals surface area contributed by atoms with Crippen LogP contribution in [0.15, 0.2) is 82.7 Å². The summed E-state index contributed by atoms with van der Waals surface area (Å²) in [6.07, 6.45) is 1.45. The van der Waals surface area contributed by atoms with E-state index in [2.05, 4.69) is 42.7 Å². The van der Waals surface area contributed by atoms with E-state index >= 15 is 0 Å². The Morgan fingerprint density at radius 1 is 1.05 bits per heavy atom. The molecule has 1 unspecified atom stereocenters. The van der Waals surface area contributed by atoms with E-state index < -0.39 is 6.04 Å². The van der Waals surface area contributed by atoms with Crippen molar-refractivity contribution in [3.05, 3.63) is 99.4 Å². The molecule has 0 radical (unpaired) electrons. The average molecular weight is 590 g/mol. The van der Waals surface area contributed by atoms with Gasteiger partial charge >= 0.3 is 0 Å². The molecule has 10 heteroatoms. The molecule has 0 saturated carbocycles. The lowest BCUT2D eigenvalue weighted by Gasteiger charge is -2.29. The second-order valence-corrected chi connectivity index (χ2v) is 9.92. The van der Waals surface area contributed by atoms with Crippen molar-refractivity contribution in [2.45, 2.75) is 26.5 Å². The summed E-state index contributed by atoms with van der Waals surface area (Å²) >= 11 is 3.67. The fourth-order valence-corrected chi connectivity index (χ4v) is 5.20. The zero-order valence-electron chi connectivity index (χ0n) is 22.0. The number of nitrogens with one attached hydrogen (secondary N) is 2. The predicted molar refractivity (Wildman–Crippen MR) is 152 cm³/mol. The molecule has 5 rings (SSSR count). The van der Waals surface area contributed by atoms with Gasteiger partial charge in [0.1, 0.15) is 24.7 Å². The molecule has 9 nitrogen and oxygen atoms in total. The summed E-state index contributed by atoms with van der Waals surface area (Å²) in [5, 5.41) is 10.6. The van der Waals surface area contributed by atoms with E-state index in [0.717, 1.165) is 16.7 Å². The lowest BCUT2D eigenvalue weighted by molar-refractivity contribution is -0.113. The van der Waals surface area contributed by atoms with E-state index in [4.69, 9.17) is 14.2 Å². The molecule has 0 spiro atoms. The van der Waals surface area contributed by atoms with Crippen LogP contribution < -0.4 is 24.8 Å². The third-order valence-electron chi connectivity index (χ3n) is 6.43. The maximum atomic E-state index is 13.8. The van der Waals surface area contributed by atoms with Crippen molar-refractivity contribution in [2.24, 2.45) is 0 Å². The van der Waals surface area contributed by atoms with Crippen molar-refractivity contribution >= 4 is 33.5 Å². The Bertz CT molecular complexity index is 1570. The molecule has 0 fully saturated rings. The molecular formula is C29H28BrN5O4. The molecule has 2 N–H and O–H groups in total. The minimum atomic E-state index is -0.588. The first-order valence-corrected chi connectivity index (χ1v) is 13.1. The van der Waals surface area contributed by atoms with Gasteiger partial charge in [-0.2, -0.15) is 10.1 Å². The Morgan fingerprint density at radius 3 is 2.62 bits per heavy atom. The Morgan fingerprint density at radius 2 is 1.85 bits per heavy atom. The van der Waals surface area contributed by atoms with Gasteiger partial charge in [0, 0.05) is 5.70 Å². The maximum Gasteiger partial charge on any atom is 0.255 e. The molecule has 1 atom stereocenters. The number of para-hydroxylation sites is 2. The summed E-state index contributed by atoms with van der Waals surface area (Å²) in [5.74, 6) is 1.88. The quantitative estimate of drug-likeness (QED) is 0.265. The van der Waals surface area contributed by atoms with Gasteiger partial charge in [0.15, 0.2) is 11.5 Å². The number of carbonyl (C=O) groups excluding carboxylic acids is 1. The highest BCUT2D eigenvalue weighted by Crippen LogP contribution is 2.43. The summed E-state index contributed by atoms with van der Waals surface area (Å²) in [7, 11) is 3.15. The number of ether oxygens (including phenoxy) is 3. The molecule has 1 aromatic heterocycles. The monoisotopic (exact) mass is 589 g/mol. The lowest BCUT2D eigenvalue weighted by Crippen LogP contribution is -2.31. The van der Waals surface area contributed by atoms with Gasteiger partial charge in [-0.05, 0) is 65.2 Å². The molecule has 39 heavy (non-hydrogen) atoms. The number of hydrogen-bond donors (Lipinski definition) is 2. The van der Waals surface area contributed by atoms with E-state index in [1.807, 2.05) is 56.3 Å². The first kappa shape index (κ1) is 26.3. The maximum absolute atomic E-state index is 13.8. The van der Waals surface area contributed by atoms with Crippen LogP contribution in [0, 0.1) is 6.92 Å². The fourth-order valence-electron chi connectivity index (χ4n) is 4.63. The number of benzene rings is 3. The minimum Gasteiger partial charge on any atom is -0.495 e. The molecule has 200 valence electrons. The van der Waals surface area contributed by atoms with Gasteiger partial charge in [-0.3, -0.25) is 4.79 Å². The van der Waals surface area contributed by atoms with Crippen molar-refractivity contribution < 1.29 is 19.0 Å². The molecule has 0 aliphatic carbocycles. The van der Waals surface area contributed by atoms with Gasteiger partial charge in [0.05, 0.1) is 30.0 Å². The number of carbonyl (C=O) groups is 1. The normalized spacial score (nSPS) is 14.3. The van der Waals surface area contributed by atoms with Crippen LogP contribution >= 0.6 is 15.9 Å². The van der Waals surface area contributed by atoms with Crippen molar-refractivity contribution in [3.63, 3.8) is 0 Å². The first-order chi connectivity index (χ1) is 18.9. The second-order valence-electron chi connectivity index (χ2n) is 9.06. The number of halogens is 1. The molecule has 0 saturated heterocycles. The van der Waals surface area contributed by atoms with E-state index in [1.165, 1.54) is 6.33 Å². The van der Waals surface area contributed by atoms with Crippen molar-refractivity contribution in [3.8, 4) is 17.2 Å². The second kappa shape index (κ2) is 11.2. The SMILES string of the molecule is COc1ccccc1NC(=O)C1=C(C)Nc2ncnn2C1c1cc(Br)c(OCc2cccc(C)c2)c(OC)c1. The number of aromatic nitrogens is 3. The summed E-state index contributed by atoms with van der Waals surface area (Å²) in [6, 6.07) is 18.6. The minimum absolute atomic E-state index is 0.300. The number of allylic oxidation sites excluding steroid dienone is 1. The average Bonchev–Trinajstić information content (AvgIpc) is 3.39. The number of fused-ring (bicyclic) bond motifs is 1. The zero-order valence-corrected chi connectivity index (χ0v) is 23.6. The van der Waals surface area contributed by atoms with Crippen LogP contribution in [0.1, 0.15) is 29.7 Å². The number of nitrogens with zero attached hydrogens (tertiary/aromatic N) is 3. The van der Waals surface area contributed by atoms with E-state index in [0.29, 0.717) is 51.2 Å². The Hall–Kier alpha value is -4.31. The number of aryl methyl sites for hydroxylation is 1. The number of hydrogen-bond acceptors (Lipinski definition) is 7. The van der Waals surface area contributed by atoms with Crippen LogP contribution in [0.4, 0.5) is 11.6 Å². The largest absolute Gasteiger partial charge is 0.495 e. The summed E-state index contributed by atoms with van der Waals surface area (Å²) < 4.78 is 19.7. The first-order valence-electron chi connectivity index (χ1n) is 12.3. The highest BCUT2D eigenvalue weighted by atomic mass is 79.9. The third-order valence-corrected chi connectivity index (χ3v) is 7.02. The van der Waals surface area contributed by atoms with E-state index in [1.54, 1.807) is 31.0 Å².